The third kappa shape index (κ3) is 2.64. The highest BCUT2D eigenvalue weighted by molar-refractivity contribution is 5.64. The van der Waals surface area contributed by atoms with Crippen LogP contribution in [0.15, 0.2) is 12.1 Å². The van der Waals surface area contributed by atoms with Crippen LogP contribution in [0, 0.1) is 5.41 Å². The van der Waals surface area contributed by atoms with Crippen molar-refractivity contribution in [2.45, 2.75) is 39.5 Å². The van der Waals surface area contributed by atoms with Crippen LogP contribution in [0.2, 0.25) is 0 Å². The Morgan fingerprint density at radius 2 is 1.67 bits per heavy atom. The van der Waals surface area contributed by atoms with Crippen molar-refractivity contribution in [3.63, 3.8) is 0 Å². The van der Waals surface area contributed by atoms with Gasteiger partial charge in [0.15, 0.2) is 0 Å². The van der Waals surface area contributed by atoms with Crippen LogP contribution in [0.3, 0.4) is 0 Å². The van der Waals surface area contributed by atoms with Crippen molar-refractivity contribution in [3.05, 3.63) is 23.3 Å². The Bertz CT molecular complexity index is 507. The van der Waals surface area contributed by atoms with E-state index in [1.807, 2.05) is 0 Å². The first-order chi connectivity index (χ1) is 10.1. The van der Waals surface area contributed by atoms with Crippen LogP contribution in [-0.2, 0) is 12.8 Å². The number of aryl methyl sites for hydroxylation is 2. The van der Waals surface area contributed by atoms with Crippen molar-refractivity contribution in [1.82, 2.24) is 4.90 Å². The summed E-state index contributed by atoms with van der Waals surface area (Å²) < 4.78 is 0. The second-order valence-electron chi connectivity index (χ2n) is 7.05. The van der Waals surface area contributed by atoms with Gasteiger partial charge in [-0.2, -0.15) is 0 Å². The van der Waals surface area contributed by atoms with Crippen LogP contribution in [0.25, 0.3) is 0 Å². The minimum absolute atomic E-state index is 0.624. The van der Waals surface area contributed by atoms with Gasteiger partial charge in [-0.25, -0.2) is 0 Å². The highest BCUT2D eigenvalue weighted by Gasteiger charge is 2.43. The number of hydrogen-bond acceptors (Lipinski definition) is 3. The molecule has 0 aromatic heterocycles. The SMILES string of the molecule is CCc1cc(N2CCC3(CC2)CN(C)C3)c(CC)cc1N. The molecular weight excluding hydrogens is 258 g/mol. The number of benzene rings is 1. The molecule has 1 aromatic carbocycles. The fourth-order valence-electron chi connectivity index (χ4n) is 4.22. The van der Waals surface area contributed by atoms with Crippen molar-refractivity contribution < 1.29 is 0 Å². The van der Waals surface area contributed by atoms with Gasteiger partial charge in [-0.15, -0.1) is 0 Å². The van der Waals surface area contributed by atoms with Gasteiger partial charge >= 0.3 is 0 Å². The lowest BCUT2D eigenvalue weighted by atomic mass is 9.72. The van der Waals surface area contributed by atoms with E-state index >= 15 is 0 Å². The molecule has 2 fully saturated rings. The predicted molar refractivity (Wildman–Crippen MR) is 91.0 cm³/mol. The second kappa shape index (κ2) is 5.53. The van der Waals surface area contributed by atoms with E-state index in [0.29, 0.717) is 5.41 Å². The molecule has 0 amide bonds. The molecule has 116 valence electrons. The maximum Gasteiger partial charge on any atom is 0.0402 e. The van der Waals surface area contributed by atoms with E-state index in [4.69, 9.17) is 5.73 Å². The molecule has 0 unspecified atom stereocenters. The van der Waals surface area contributed by atoms with E-state index in [1.165, 1.54) is 55.8 Å². The number of piperidine rings is 1. The van der Waals surface area contributed by atoms with E-state index in [1.54, 1.807) is 0 Å². The Morgan fingerprint density at radius 3 is 2.19 bits per heavy atom. The van der Waals surface area contributed by atoms with Crippen molar-refractivity contribution in [3.8, 4) is 0 Å². The minimum Gasteiger partial charge on any atom is -0.398 e. The van der Waals surface area contributed by atoms with Gasteiger partial charge in [0, 0.05) is 37.6 Å². The molecule has 1 aromatic rings. The van der Waals surface area contributed by atoms with Gasteiger partial charge in [0.1, 0.15) is 0 Å². The largest absolute Gasteiger partial charge is 0.398 e. The summed E-state index contributed by atoms with van der Waals surface area (Å²) >= 11 is 0. The summed E-state index contributed by atoms with van der Waals surface area (Å²) in [7, 11) is 2.24. The Hall–Kier alpha value is -1.22. The number of likely N-dealkylation sites (tertiary alicyclic amines) is 1. The van der Waals surface area contributed by atoms with Gasteiger partial charge in [-0.3, -0.25) is 0 Å². The molecular formula is C18H29N3. The molecule has 0 radical (unpaired) electrons. The molecule has 21 heavy (non-hydrogen) atoms. The van der Waals surface area contributed by atoms with Crippen LogP contribution in [-0.4, -0.2) is 38.1 Å². The number of nitrogen functional groups attached to an aromatic ring is 1. The molecule has 2 aliphatic rings. The molecule has 1 spiro atoms. The molecule has 2 saturated heterocycles. The second-order valence-corrected chi connectivity index (χ2v) is 7.05. The molecule has 0 aliphatic carbocycles. The molecule has 0 atom stereocenters. The van der Waals surface area contributed by atoms with Crippen molar-refractivity contribution >= 4 is 11.4 Å². The fourth-order valence-corrected chi connectivity index (χ4v) is 4.22. The Balaban J connectivity index is 1.78. The van der Waals surface area contributed by atoms with Crippen LogP contribution < -0.4 is 10.6 Å². The van der Waals surface area contributed by atoms with E-state index in [0.717, 1.165) is 18.5 Å². The summed E-state index contributed by atoms with van der Waals surface area (Å²) in [4.78, 5) is 5.05. The van der Waals surface area contributed by atoms with Gasteiger partial charge in [-0.1, -0.05) is 13.8 Å². The summed E-state index contributed by atoms with van der Waals surface area (Å²) in [6, 6.07) is 4.55. The minimum atomic E-state index is 0.624. The molecule has 0 saturated carbocycles. The molecule has 0 bridgehead atoms. The third-order valence-electron chi connectivity index (χ3n) is 5.48. The van der Waals surface area contributed by atoms with Gasteiger partial charge in [0.25, 0.3) is 0 Å². The zero-order chi connectivity index (χ0) is 15.0. The van der Waals surface area contributed by atoms with Crippen LogP contribution in [0.4, 0.5) is 11.4 Å². The first-order valence-electron chi connectivity index (χ1n) is 8.41. The monoisotopic (exact) mass is 287 g/mol. The molecule has 3 nitrogen and oxygen atoms in total. The number of anilines is 2. The smallest absolute Gasteiger partial charge is 0.0402 e. The summed E-state index contributed by atoms with van der Waals surface area (Å²) in [5, 5.41) is 0. The van der Waals surface area contributed by atoms with Crippen molar-refractivity contribution in [2.24, 2.45) is 5.41 Å². The molecule has 2 heterocycles. The number of hydrogen-bond donors (Lipinski definition) is 1. The molecule has 2 aliphatic heterocycles. The van der Waals surface area contributed by atoms with Gasteiger partial charge in [-0.05, 0) is 61.4 Å². The normalized spacial score (nSPS) is 21.6. The Labute approximate surface area is 129 Å². The lowest BCUT2D eigenvalue weighted by molar-refractivity contribution is 0.00130. The summed E-state index contributed by atoms with van der Waals surface area (Å²) in [5.74, 6) is 0. The number of rotatable bonds is 3. The highest BCUT2D eigenvalue weighted by Crippen LogP contribution is 2.41. The quantitative estimate of drug-likeness (QED) is 0.868. The first-order valence-corrected chi connectivity index (χ1v) is 8.41. The van der Waals surface area contributed by atoms with Crippen molar-refractivity contribution in [2.75, 3.05) is 43.9 Å². The maximum atomic E-state index is 6.17. The van der Waals surface area contributed by atoms with Crippen molar-refractivity contribution in [1.29, 1.82) is 0 Å². The Morgan fingerprint density at radius 1 is 1.05 bits per heavy atom. The van der Waals surface area contributed by atoms with E-state index in [9.17, 15) is 0 Å². The van der Waals surface area contributed by atoms with Crippen LogP contribution >= 0.6 is 0 Å². The van der Waals surface area contributed by atoms with E-state index in [-0.39, 0.29) is 0 Å². The average Bonchev–Trinajstić information content (AvgIpc) is 2.46. The highest BCUT2D eigenvalue weighted by atomic mass is 15.2. The predicted octanol–water partition coefficient (Wildman–Crippen LogP) is 2.93. The average molecular weight is 287 g/mol. The fraction of sp³-hybridized carbons (Fsp3) is 0.667. The van der Waals surface area contributed by atoms with Gasteiger partial charge in [0.2, 0.25) is 0 Å². The third-order valence-corrected chi connectivity index (χ3v) is 5.48. The summed E-state index contributed by atoms with van der Waals surface area (Å²) in [5.41, 5.74) is 11.9. The summed E-state index contributed by atoms with van der Waals surface area (Å²) in [6.07, 6.45) is 4.76. The van der Waals surface area contributed by atoms with Crippen LogP contribution in [0.5, 0.6) is 0 Å². The zero-order valence-electron chi connectivity index (χ0n) is 13.8. The number of nitrogens with zero attached hydrogens (tertiary/aromatic N) is 2. The molecule has 3 heteroatoms. The standard InChI is InChI=1S/C18H29N3/c1-4-14-11-17(15(5-2)10-16(14)19)21-8-6-18(7-9-21)12-20(3)13-18/h10-11H,4-9,12-13,19H2,1-3H3. The van der Waals surface area contributed by atoms with E-state index in [2.05, 4.69) is 42.8 Å². The zero-order valence-corrected chi connectivity index (χ0v) is 13.8. The van der Waals surface area contributed by atoms with Gasteiger partial charge < -0.3 is 15.5 Å². The summed E-state index contributed by atoms with van der Waals surface area (Å²) in [6.45, 7) is 9.42. The lowest BCUT2D eigenvalue weighted by Crippen LogP contribution is -2.58. The molecule has 3 rings (SSSR count). The molecule has 2 N–H and O–H groups in total. The van der Waals surface area contributed by atoms with Gasteiger partial charge in [0.05, 0.1) is 0 Å². The number of nitrogens with two attached hydrogens (primary N) is 1. The van der Waals surface area contributed by atoms with Crippen LogP contribution in [0.1, 0.15) is 37.8 Å². The van der Waals surface area contributed by atoms with E-state index < -0.39 is 0 Å². The maximum absolute atomic E-state index is 6.17. The first kappa shape index (κ1) is 14.7. The topological polar surface area (TPSA) is 32.5 Å². The lowest BCUT2D eigenvalue weighted by Gasteiger charge is -2.53. The Kier molecular flexibility index (Phi) is 3.87.